The van der Waals surface area contributed by atoms with Crippen molar-refractivity contribution in [3.63, 3.8) is 0 Å². The van der Waals surface area contributed by atoms with Crippen LogP contribution in [0.15, 0.2) is 0 Å². The predicted molar refractivity (Wildman–Crippen MR) is 85.0 cm³/mol. The van der Waals surface area contributed by atoms with E-state index in [0.29, 0.717) is 5.88 Å². The van der Waals surface area contributed by atoms with Gasteiger partial charge in [0.1, 0.15) is 0 Å². The number of nitrogens with one attached hydrogen (secondary N) is 1. The Hall–Kier alpha value is -0.240. The van der Waals surface area contributed by atoms with E-state index in [1.807, 2.05) is 0 Å². The van der Waals surface area contributed by atoms with Crippen molar-refractivity contribution in [2.24, 2.45) is 11.8 Å². The molecule has 0 aromatic heterocycles. The molecule has 2 aliphatic carbocycles. The Balaban J connectivity index is 1.77. The van der Waals surface area contributed by atoms with Gasteiger partial charge in [-0.3, -0.25) is 4.79 Å². The second-order valence-corrected chi connectivity index (χ2v) is 7.24. The van der Waals surface area contributed by atoms with E-state index in [0.717, 1.165) is 31.6 Å². The van der Waals surface area contributed by atoms with Gasteiger partial charge in [0.25, 0.3) is 0 Å². The van der Waals surface area contributed by atoms with Gasteiger partial charge in [-0.25, -0.2) is 0 Å². The second-order valence-electron chi connectivity index (χ2n) is 6.97. The average molecular weight is 300 g/mol. The van der Waals surface area contributed by atoms with E-state index < -0.39 is 0 Å². The fourth-order valence-electron chi connectivity index (χ4n) is 3.91. The molecule has 1 N–H and O–H groups in total. The summed E-state index contributed by atoms with van der Waals surface area (Å²) in [7, 11) is 0. The summed E-state index contributed by atoms with van der Waals surface area (Å²) in [6.45, 7) is 2.26. The molecule has 116 valence electrons. The van der Waals surface area contributed by atoms with Crippen molar-refractivity contribution in [3.05, 3.63) is 0 Å². The number of carbonyl (C=O) groups is 1. The monoisotopic (exact) mass is 299 g/mol. The summed E-state index contributed by atoms with van der Waals surface area (Å²) in [4.78, 5) is 12.5. The largest absolute Gasteiger partial charge is 0.349 e. The molecule has 0 unspecified atom stereocenters. The van der Waals surface area contributed by atoms with E-state index in [-0.39, 0.29) is 17.4 Å². The molecule has 0 saturated heterocycles. The fourth-order valence-corrected chi connectivity index (χ4v) is 4.25. The lowest BCUT2D eigenvalue weighted by Gasteiger charge is -2.33. The van der Waals surface area contributed by atoms with Crippen LogP contribution in [-0.2, 0) is 4.79 Å². The molecule has 0 bridgehead atoms. The van der Waals surface area contributed by atoms with E-state index in [1.165, 1.54) is 44.9 Å². The molecule has 3 heteroatoms. The highest BCUT2D eigenvalue weighted by Gasteiger charge is 2.36. The molecule has 2 saturated carbocycles. The third-order valence-electron chi connectivity index (χ3n) is 5.39. The van der Waals surface area contributed by atoms with Crippen LogP contribution in [0.2, 0.25) is 0 Å². The number of hydrogen-bond acceptors (Lipinski definition) is 1. The van der Waals surface area contributed by atoms with Crippen molar-refractivity contribution in [2.75, 3.05) is 5.88 Å². The van der Waals surface area contributed by atoms with E-state index in [4.69, 9.17) is 11.6 Å². The number of amides is 1. The third kappa shape index (κ3) is 4.13. The predicted octanol–water partition coefficient (Wildman–Crippen LogP) is 4.65. The minimum atomic E-state index is -0.0856. The molecule has 0 spiro atoms. The first-order valence-corrected chi connectivity index (χ1v) is 9.10. The van der Waals surface area contributed by atoms with Crippen molar-refractivity contribution in [1.82, 2.24) is 5.32 Å². The van der Waals surface area contributed by atoms with Crippen LogP contribution >= 0.6 is 11.6 Å². The van der Waals surface area contributed by atoms with Crippen molar-refractivity contribution in [2.45, 2.75) is 83.1 Å². The van der Waals surface area contributed by atoms with Gasteiger partial charge < -0.3 is 5.32 Å². The molecular weight excluding hydrogens is 270 g/mol. The molecule has 20 heavy (non-hydrogen) atoms. The number of carbonyl (C=O) groups excluding carboxylic acids is 1. The maximum atomic E-state index is 12.5. The van der Waals surface area contributed by atoms with E-state index in [9.17, 15) is 4.79 Å². The highest BCUT2D eigenvalue weighted by molar-refractivity contribution is 6.18. The van der Waals surface area contributed by atoms with Gasteiger partial charge in [0, 0.05) is 11.8 Å². The Morgan fingerprint density at radius 3 is 2.40 bits per heavy atom. The van der Waals surface area contributed by atoms with Gasteiger partial charge in [-0.05, 0) is 44.4 Å². The first-order valence-electron chi connectivity index (χ1n) is 8.57. The van der Waals surface area contributed by atoms with Gasteiger partial charge in [0.15, 0.2) is 0 Å². The third-order valence-corrected chi connectivity index (χ3v) is 5.90. The van der Waals surface area contributed by atoms with Crippen molar-refractivity contribution in [1.29, 1.82) is 0 Å². The summed E-state index contributed by atoms with van der Waals surface area (Å²) in [5.41, 5.74) is -0.0856. The topological polar surface area (TPSA) is 29.1 Å². The van der Waals surface area contributed by atoms with E-state index >= 15 is 0 Å². The molecule has 0 heterocycles. The van der Waals surface area contributed by atoms with Crippen LogP contribution in [0.4, 0.5) is 0 Å². The fraction of sp³-hybridized carbons (Fsp3) is 0.941. The van der Waals surface area contributed by atoms with E-state index in [2.05, 4.69) is 12.2 Å². The standard InChI is InChI=1S/C17H30ClNO/c1-2-3-6-14-7-9-15(10-8-14)16(20)19-17(13-18)11-4-5-12-17/h14-15H,2-13H2,1H3,(H,19,20). The highest BCUT2D eigenvalue weighted by Crippen LogP contribution is 2.34. The number of hydrogen-bond donors (Lipinski definition) is 1. The maximum absolute atomic E-state index is 12.5. The van der Waals surface area contributed by atoms with Gasteiger partial charge in [0.2, 0.25) is 5.91 Å². The van der Waals surface area contributed by atoms with Crippen molar-refractivity contribution >= 4 is 17.5 Å². The molecule has 0 aromatic rings. The quantitative estimate of drug-likeness (QED) is 0.711. The molecular formula is C17H30ClNO. The summed E-state index contributed by atoms with van der Waals surface area (Å²) in [6.07, 6.45) is 13.2. The Bertz CT molecular complexity index is 304. The van der Waals surface area contributed by atoms with Crippen LogP contribution in [0.5, 0.6) is 0 Å². The minimum Gasteiger partial charge on any atom is -0.349 e. The van der Waals surface area contributed by atoms with Gasteiger partial charge >= 0.3 is 0 Å². The average Bonchev–Trinajstić information content (AvgIpc) is 2.94. The smallest absolute Gasteiger partial charge is 0.223 e. The van der Waals surface area contributed by atoms with Gasteiger partial charge in [-0.15, -0.1) is 11.6 Å². The molecule has 0 atom stereocenters. The summed E-state index contributed by atoms with van der Waals surface area (Å²) >= 11 is 6.11. The molecule has 0 aliphatic heterocycles. The van der Waals surface area contributed by atoms with Crippen molar-refractivity contribution < 1.29 is 4.79 Å². The van der Waals surface area contributed by atoms with Crippen LogP contribution in [0, 0.1) is 11.8 Å². The summed E-state index contributed by atoms with van der Waals surface area (Å²) < 4.78 is 0. The lowest BCUT2D eigenvalue weighted by molar-refractivity contribution is -0.128. The van der Waals surface area contributed by atoms with Gasteiger partial charge in [-0.1, -0.05) is 39.0 Å². The normalized spacial score (nSPS) is 29.3. The molecule has 2 nitrogen and oxygen atoms in total. The van der Waals surface area contributed by atoms with Gasteiger partial charge in [-0.2, -0.15) is 0 Å². The number of rotatable bonds is 6. The second kappa shape index (κ2) is 7.68. The molecule has 0 aromatic carbocycles. The molecule has 2 fully saturated rings. The van der Waals surface area contributed by atoms with Crippen LogP contribution in [0.1, 0.15) is 77.6 Å². The first-order chi connectivity index (χ1) is 9.69. The Morgan fingerprint density at radius 1 is 1.20 bits per heavy atom. The van der Waals surface area contributed by atoms with Crippen LogP contribution in [0.25, 0.3) is 0 Å². The van der Waals surface area contributed by atoms with E-state index in [1.54, 1.807) is 0 Å². The lowest BCUT2D eigenvalue weighted by atomic mass is 9.79. The number of unbranched alkanes of at least 4 members (excludes halogenated alkanes) is 1. The summed E-state index contributed by atoms with van der Waals surface area (Å²) in [5, 5.41) is 3.30. The SMILES string of the molecule is CCCCC1CCC(C(=O)NC2(CCl)CCCC2)CC1. The Morgan fingerprint density at radius 2 is 1.85 bits per heavy atom. The van der Waals surface area contributed by atoms with Crippen LogP contribution in [0.3, 0.4) is 0 Å². The Labute approximate surface area is 129 Å². The number of halogens is 1. The zero-order chi connectivity index (χ0) is 14.4. The Kier molecular flexibility index (Phi) is 6.20. The number of alkyl halides is 1. The molecule has 1 amide bonds. The van der Waals surface area contributed by atoms with Crippen LogP contribution < -0.4 is 5.32 Å². The first kappa shape index (κ1) is 16.1. The summed E-state index contributed by atoms with van der Waals surface area (Å²) in [5.74, 6) is 1.97. The highest BCUT2D eigenvalue weighted by atomic mass is 35.5. The zero-order valence-electron chi connectivity index (χ0n) is 12.9. The maximum Gasteiger partial charge on any atom is 0.223 e. The minimum absolute atomic E-state index is 0.0856. The summed E-state index contributed by atoms with van der Waals surface area (Å²) in [6, 6.07) is 0. The van der Waals surface area contributed by atoms with Gasteiger partial charge in [0.05, 0.1) is 5.54 Å². The zero-order valence-corrected chi connectivity index (χ0v) is 13.7. The molecule has 0 radical (unpaired) electrons. The molecule has 2 aliphatic rings. The molecule has 2 rings (SSSR count). The van der Waals surface area contributed by atoms with Crippen molar-refractivity contribution in [3.8, 4) is 0 Å². The van der Waals surface area contributed by atoms with Crippen LogP contribution in [-0.4, -0.2) is 17.3 Å². The lowest BCUT2D eigenvalue weighted by Crippen LogP contribution is -2.50.